The van der Waals surface area contributed by atoms with E-state index in [0.29, 0.717) is 19.7 Å². The van der Waals surface area contributed by atoms with E-state index in [2.05, 4.69) is 15.6 Å². The minimum absolute atomic E-state index is 0.115. The van der Waals surface area contributed by atoms with Gasteiger partial charge in [0.25, 0.3) is 0 Å². The number of nitrogens with zero attached hydrogens (tertiary/aromatic N) is 3. The van der Waals surface area contributed by atoms with Crippen LogP contribution in [-0.4, -0.2) is 35.3 Å². The maximum absolute atomic E-state index is 13.1. The molecule has 1 heterocycles. The molecule has 20 heavy (non-hydrogen) atoms. The largest absolute Gasteiger partial charge is 0.383 e. The van der Waals surface area contributed by atoms with Crippen LogP contribution >= 0.6 is 11.6 Å². The highest BCUT2D eigenvalue weighted by Gasteiger charge is 2.04. The van der Waals surface area contributed by atoms with Crippen LogP contribution in [-0.2, 0) is 17.8 Å². The lowest BCUT2D eigenvalue weighted by Gasteiger charge is -2.02. The molecule has 0 aliphatic rings. The smallest absolute Gasteiger partial charge is 0.141 e. The Hall–Kier alpha value is -1.50. The van der Waals surface area contributed by atoms with E-state index in [1.54, 1.807) is 23.9 Å². The standard InChI is InChI=1S/C13H16ClFN4O/c1-20-5-4-16-7-11-9-19(18-17-11)8-10-2-3-13(15)12(14)6-10/h2-3,6,9,16H,4-5,7-8H2,1H3. The summed E-state index contributed by atoms with van der Waals surface area (Å²) >= 11 is 5.74. The Morgan fingerprint density at radius 2 is 2.30 bits per heavy atom. The van der Waals surface area contributed by atoms with Crippen molar-refractivity contribution in [3.63, 3.8) is 0 Å². The molecule has 0 aliphatic heterocycles. The zero-order valence-electron chi connectivity index (χ0n) is 11.1. The summed E-state index contributed by atoms with van der Waals surface area (Å²) in [5.74, 6) is -0.419. The molecule has 0 saturated carbocycles. The topological polar surface area (TPSA) is 52.0 Å². The SMILES string of the molecule is COCCNCc1cn(Cc2ccc(F)c(Cl)c2)nn1. The maximum atomic E-state index is 13.1. The highest BCUT2D eigenvalue weighted by atomic mass is 35.5. The van der Waals surface area contributed by atoms with E-state index in [0.717, 1.165) is 17.8 Å². The van der Waals surface area contributed by atoms with Gasteiger partial charge in [0.15, 0.2) is 0 Å². The van der Waals surface area contributed by atoms with Gasteiger partial charge in [0.1, 0.15) is 5.82 Å². The minimum Gasteiger partial charge on any atom is -0.383 e. The molecule has 108 valence electrons. The molecule has 0 fully saturated rings. The van der Waals surface area contributed by atoms with Gasteiger partial charge in [-0.2, -0.15) is 0 Å². The number of ether oxygens (including phenoxy) is 1. The molecule has 1 aromatic carbocycles. The first-order valence-corrected chi connectivity index (χ1v) is 6.59. The van der Waals surface area contributed by atoms with E-state index in [-0.39, 0.29) is 5.02 Å². The molecule has 2 aromatic rings. The summed E-state index contributed by atoms with van der Waals surface area (Å²) in [7, 11) is 1.66. The minimum atomic E-state index is -0.419. The predicted molar refractivity (Wildman–Crippen MR) is 74.1 cm³/mol. The normalized spacial score (nSPS) is 10.9. The fourth-order valence-electron chi connectivity index (χ4n) is 1.71. The second-order valence-corrected chi connectivity index (χ2v) is 4.73. The van der Waals surface area contributed by atoms with Crippen molar-refractivity contribution in [2.45, 2.75) is 13.1 Å². The number of hydrogen-bond acceptors (Lipinski definition) is 4. The van der Waals surface area contributed by atoms with Crippen molar-refractivity contribution in [2.75, 3.05) is 20.3 Å². The van der Waals surface area contributed by atoms with Crippen molar-refractivity contribution >= 4 is 11.6 Å². The molecule has 0 saturated heterocycles. The zero-order valence-corrected chi connectivity index (χ0v) is 11.9. The Balaban J connectivity index is 1.90. The van der Waals surface area contributed by atoms with Crippen molar-refractivity contribution < 1.29 is 9.13 Å². The van der Waals surface area contributed by atoms with Gasteiger partial charge in [0.2, 0.25) is 0 Å². The molecule has 5 nitrogen and oxygen atoms in total. The Morgan fingerprint density at radius 1 is 1.45 bits per heavy atom. The molecule has 0 atom stereocenters. The van der Waals surface area contributed by atoms with Crippen molar-refractivity contribution in [3.05, 3.63) is 46.5 Å². The zero-order chi connectivity index (χ0) is 14.4. The third-order valence-electron chi connectivity index (χ3n) is 2.70. The summed E-state index contributed by atoms with van der Waals surface area (Å²) < 4.78 is 19.7. The third kappa shape index (κ3) is 4.26. The molecule has 0 unspecified atom stereocenters. The second-order valence-electron chi connectivity index (χ2n) is 4.33. The first kappa shape index (κ1) is 14.9. The lowest BCUT2D eigenvalue weighted by molar-refractivity contribution is 0.199. The monoisotopic (exact) mass is 298 g/mol. The van der Waals surface area contributed by atoms with Gasteiger partial charge in [0, 0.05) is 20.2 Å². The number of rotatable bonds is 7. The van der Waals surface area contributed by atoms with Crippen molar-refractivity contribution in [1.82, 2.24) is 20.3 Å². The van der Waals surface area contributed by atoms with Crippen LogP contribution in [0, 0.1) is 5.82 Å². The highest BCUT2D eigenvalue weighted by molar-refractivity contribution is 6.30. The van der Waals surface area contributed by atoms with Crippen molar-refractivity contribution in [3.8, 4) is 0 Å². The first-order chi connectivity index (χ1) is 9.69. The van der Waals surface area contributed by atoms with Crippen LogP contribution in [0.1, 0.15) is 11.3 Å². The van der Waals surface area contributed by atoms with Crippen LogP contribution in [0.15, 0.2) is 24.4 Å². The summed E-state index contributed by atoms with van der Waals surface area (Å²) in [6.07, 6.45) is 1.84. The number of halogens is 2. The number of benzene rings is 1. The number of hydrogen-bond donors (Lipinski definition) is 1. The molecule has 0 spiro atoms. The summed E-state index contributed by atoms with van der Waals surface area (Å²) in [4.78, 5) is 0. The van der Waals surface area contributed by atoms with Gasteiger partial charge in [0.05, 0.1) is 30.1 Å². The van der Waals surface area contributed by atoms with E-state index in [4.69, 9.17) is 16.3 Å². The van der Waals surface area contributed by atoms with Gasteiger partial charge in [-0.25, -0.2) is 9.07 Å². The van der Waals surface area contributed by atoms with Crippen molar-refractivity contribution in [1.29, 1.82) is 0 Å². The van der Waals surface area contributed by atoms with Crippen LogP contribution in [0.25, 0.3) is 0 Å². The summed E-state index contributed by atoms with van der Waals surface area (Å²) in [5, 5.41) is 11.4. The predicted octanol–water partition coefficient (Wildman–Crippen LogP) is 1.85. The summed E-state index contributed by atoms with van der Waals surface area (Å²) in [5.41, 5.74) is 1.72. The van der Waals surface area contributed by atoms with Crippen molar-refractivity contribution in [2.24, 2.45) is 0 Å². The lowest BCUT2D eigenvalue weighted by Crippen LogP contribution is -2.18. The maximum Gasteiger partial charge on any atom is 0.141 e. The summed E-state index contributed by atoms with van der Waals surface area (Å²) in [6, 6.07) is 4.62. The van der Waals surface area contributed by atoms with Crippen LogP contribution in [0.5, 0.6) is 0 Å². The van der Waals surface area contributed by atoms with Gasteiger partial charge < -0.3 is 10.1 Å². The average molecular weight is 299 g/mol. The number of aromatic nitrogens is 3. The van der Waals surface area contributed by atoms with Gasteiger partial charge in [-0.15, -0.1) is 5.10 Å². The molecule has 0 amide bonds. The Bertz CT molecular complexity index is 561. The molecular weight excluding hydrogens is 283 g/mol. The van der Waals surface area contributed by atoms with E-state index in [1.165, 1.54) is 6.07 Å². The van der Waals surface area contributed by atoms with E-state index < -0.39 is 5.82 Å². The molecule has 2 rings (SSSR count). The highest BCUT2D eigenvalue weighted by Crippen LogP contribution is 2.16. The van der Waals surface area contributed by atoms with E-state index in [9.17, 15) is 4.39 Å². The van der Waals surface area contributed by atoms with Gasteiger partial charge >= 0.3 is 0 Å². The van der Waals surface area contributed by atoms with Crippen LogP contribution in [0.4, 0.5) is 4.39 Å². The van der Waals surface area contributed by atoms with Crippen LogP contribution < -0.4 is 5.32 Å². The average Bonchev–Trinajstić information content (AvgIpc) is 2.87. The lowest BCUT2D eigenvalue weighted by atomic mass is 10.2. The molecular formula is C13H16ClFN4O. The van der Waals surface area contributed by atoms with Crippen LogP contribution in [0.3, 0.4) is 0 Å². The Kier molecular flexibility index (Phi) is 5.46. The number of methoxy groups -OCH3 is 1. The molecule has 0 radical (unpaired) electrons. The summed E-state index contributed by atoms with van der Waals surface area (Å²) in [6.45, 7) is 2.55. The molecule has 7 heteroatoms. The second kappa shape index (κ2) is 7.33. The molecule has 0 bridgehead atoms. The van der Waals surface area contributed by atoms with Gasteiger partial charge in [-0.3, -0.25) is 0 Å². The van der Waals surface area contributed by atoms with E-state index in [1.807, 2.05) is 6.20 Å². The third-order valence-corrected chi connectivity index (χ3v) is 2.99. The van der Waals surface area contributed by atoms with Gasteiger partial charge in [-0.1, -0.05) is 22.9 Å². The Labute approximate surface area is 121 Å². The van der Waals surface area contributed by atoms with Gasteiger partial charge in [-0.05, 0) is 17.7 Å². The fraction of sp³-hybridized carbons (Fsp3) is 0.385. The van der Waals surface area contributed by atoms with Crippen LogP contribution in [0.2, 0.25) is 5.02 Å². The number of nitrogens with one attached hydrogen (secondary N) is 1. The molecule has 1 aromatic heterocycles. The fourth-order valence-corrected chi connectivity index (χ4v) is 1.92. The quantitative estimate of drug-likeness (QED) is 0.793. The molecule has 1 N–H and O–H groups in total. The van der Waals surface area contributed by atoms with E-state index >= 15 is 0 Å². The Morgan fingerprint density at radius 3 is 3.05 bits per heavy atom. The first-order valence-electron chi connectivity index (χ1n) is 6.21. The molecule has 0 aliphatic carbocycles.